The van der Waals surface area contributed by atoms with Crippen LogP contribution < -0.4 is 4.72 Å². The number of carboxylic acid groups (broad SMARTS) is 1. The fourth-order valence-corrected chi connectivity index (χ4v) is 2.88. The van der Waals surface area contributed by atoms with Crippen molar-refractivity contribution < 1.29 is 18.3 Å². The molecule has 0 unspecified atom stereocenters. The van der Waals surface area contributed by atoms with Gasteiger partial charge in [-0.2, -0.15) is 4.72 Å². The molecule has 2 N–H and O–H groups in total. The van der Waals surface area contributed by atoms with E-state index in [-0.39, 0.29) is 26.5 Å². The van der Waals surface area contributed by atoms with Crippen LogP contribution in [0.3, 0.4) is 0 Å². The number of aromatic carboxylic acids is 1. The largest absolute Gasteiger partial charge is 0.478 e. The highest BCUT2D eigenvalue weighted by atomic mass is 79.9. The molecule has 0 radical (unpaired) electrons. The number of nitrogens with one attached hydrogen (secondary N) is 1. The molecule has 0 heterocycles. The summed E-state index contributed by atoms with van der Waals surface area (Å²) in [5.74, 6) is 0.788. The summed E-state index contributed by atoms with van der Waals surface area (Å²) in [6, 6.07) is 2.17. The molecule has 8 heteroatoms. The lowest BCUT2D eigenvalue weighted by Crippen LogP contribution is -2.24. The molecule has 5 nitrogen and oxygen atoms in total. The van der Waals surface area contributed by atoms with Crippen LogP contribution in [0.15, 0.2) is 21.5 Å². The first-order valence-electron chi connectivity index (χ1n) is 4.45. The number of carbonyl (C=O) groups is 1. The van der Waals surface area contributed by atoms with Crippen LogP contribution in [0.1, 0.15) is 10.4 Å². The van der Waals surface area contributed by atoms with Crippen LogP contribution in [0.5, 0.6) is 0 Å². The minimum atomic E-state index is -3.86. The van der Waals surface area contributed by atoms with Crippen molar-refractivity contribution in [3.63, 3.8) is 0 Å². The predicted molar refractivity (Wildman–Crippen MR) is 70.1 cm³/mol. The summed E-state index contributed by atoms with van der Waals surface area (Å²) < 4.78 is 25.8. The van der Waals surface area contributed by atoms with Gasteiger partial charge in [0.1, 0.15) is 0 Å². The molecule has 1 aromatic carbocycles. The van der Waals surface area contributed by atoms with Gasteiger partial charge in [0, 0.05) is 4.47 Å². The molecule has 0 aliphatic carbocycles. The smallest absolute Gasteiger partial charge is 0.337 e. The first kappa shape index (κ1) is 15.0. The summed E-state index contributed by atoms with van der Waals surface area (Å²) in [5, 5.41) is 8.83. The summed E-state index contributed by atoms with van der Waals surface area (Å²) in [5.41, 5.74) is -0.313. The van der Waals surface area contributed by atoms with Gasteiger partial charge in [0.25, 0.3) is 0 Å². The van der Waals surface area contributed by atoms with Gasteiger partial charge in [0.05, 0.1) is 22.0 Å². The summed E-state index contributed by atoms with van der Waals surface area (Å²) in [4.78, 5) is 10.7. The van der Waals surface area contributed by atoms with Crippen LogP contribution in [-0.2, 0) is 10.0 Å². The van der Waals surface area contributed by atoms with Gasteiger partial charge in [0.15, 0.2) is 0 Å². The maximum atomic E-state index is 11.8. The summed E-state index contributed by atoms with van der Waals surface area (Å²) in [6.07, 6.45) is 4.94. The van der Waals surface area contributed by atoms with Crippen molar-refractivity contribution >= 4 is 43.5 Å². The highest BCUT2D eigenvalue weighted by Crippen LogP contribution is 2.29. The Morgan fingerprint density at radius 2 is 2.17 bits per heavy atom. The molecule has 0 saturated heterocycles. The number of benzene rings is 1. The zero-order valence-electron chi connectivity index (χ0n) is 8.78. The summed E-state index contributed by atoms with van der Waals surface area (Å²) in [6.45, 7) is -0.190. The molecule has 96 valence electrons. The lowest BCUT2D eigenvalue weighted by Gasteiger charge is -2.08. The van der Waals surface area contributed by atoms with Gasteiger partial charge < -0.3 is 5.11 Å². The maximum absolute atomic E-state index is 11.8. The van der Waals surface area contributed by atoms with E-state index in [9.17, 15) is 13.2 Å². The molecule has 0 aliphatic rings. The Morgan fingerprint density at radius 3 is 2.67 bits per heavy atom. The minimum absolute atomic E-state index is 0.0709. The Bertz CT molecular complexity index is 636. The monoisotopic (exact) mass is 351 g/mol. The van der Waals surface area contributed by atoms with Gasteiger partial charge in [-0.25, -0.2) is 13.2 Å². The average Bonchev–Trinajstić information content (AvgIpc) is 2.29. The number of rotatable bonds is 4. The second-order valence-corrected chi connectivity index (χ2v) is 6.10. The lowest BCUT2D eigenvalue weighted by molar-refractivity contribution is 0.0696. The molecule has 0 amide bonds. The minimum Gasteiger partial charge on any atom is -0.478 e. The second-order valence-electron chi connectivity index (χ2n) is 3.10. The number of carboxylic acids is 1. The van der Waals surface area contributed by atoms with E-state index in [0.717, 1.165) is 6.07 Å². The Hall–Kier alpha value is -1.07. The van der Waals surface area contributed by atoms with Crippen LogP contribution in [0.25, 0.3) is 0 Å². The average molecular weight is 353 g/mol. The highest BCUT2D eigenvalue weighted by molar-refractivity contribution is 9.10. The van der Waals surface area contributed by atoms with Gasteiger partial charge in [-0.1, -0.05) is 17.5 Å². The zero-order valence-corrected chi connectivity index (χ0v) is 11.9. The zero-order chi connectivity index (χ0) is 13.9. The van der Waals surface area contributed by atoms with E-state index in [1.807, 2.05) is 0 Å². The lowest BCUT2D eigenvalue weighted by atomic mass is 10.2. The standard InChI is InChI=1S/C10H7BrClNO4S/c1-2-3-13-18(16,17)6-4-7(10(14)15)9(12)8(11)5-6/h1,4-5,13H,3H2,(H,14,15). The quantitative estimate of drug-likeness (QED) is 0.808. The second kappa shape index (κ2) is 5.71. The molecular formula is C10H7BrClNO4S. The van der Waals surface area contributed by atoms with Crippen LogP contribution in [0.2, 0.25) is 5.02 Å². The van der Waals surface area contributed by atoms with Gasteiger partial charge in [-0.05, 0) is 28.1 Å². The SMILES string of the molecule is C#CCNS(=O)(=O)c1cc(Br)c(Cl)c(C(=O)O)c1. The van der Waals surface area contributed by atoms with Crippen molar-refractivity contribution in [3.8, 4) is 12.3 Å². The van der Waals surface area contributed by atoms with Crippen LogP contribution in [0, 0.1) is 12.3 Å². The van der Waals surface area contributed by atoms with Crippen molar-refractivity contribution in [3.05, 3.63) is 27.2 Å². The number of terminal acetylenes is 1. The fourth-order valence-electron chi connectivity index (χ4n) is 1.09. The van der Waals surface area contributed by atoms with Gasteiger partial charge in [-0.3, -0.25) is 0 Å². The van der Waals surface area contributed by atoms with Crippen LogP contribution >= 0.6 is 27.5 Å². The van der Waals surface area contributed by atoms with E-state index in [1.54, 1.807) is 0 Å². The maximum Gasteiger partial charge on any atom is 0.337 e. The molecule has 1 rings (SSSR count). The first-order valence-corrected chi connectivity index (χ1v) is 7.10. The Morgan fingerprint density at radius 1 is 1.56 bits per heavy atom. The third-order valence-electron chi connectivity index (χ3n) is 1.91. The van der Waals surface area contributed by atoms with Gasteiger partial charge in [0.2, 0.25) is 10.0 Å². The van der Waals surface area contributed by atoms with Crippen molar-refractivity contribution in [1.29, 1.82) is 0 Å². The van der Waals surface area contributed by atoms with Crippen molar-refractivity contribution in [2.24, 2.45) is 0 Å². The molecule has 0 bridgehead atoms. The van der Waals surface area contributed by atoms with E-state index in [2.05, 4.69) is 26.6 Å². The molecule has 0 aliphatic heterocycles. The number of halogens is 2. The number of sulfonamides is 1. The Labute approximate surface area is 117 Å². The first-order chi connectivity index (χ1) is 8.29. The normalized spacial score (nSPS) is 10.9. The topological polar surface area (TPSA) is 83.5 Å². The third-order valence-corrected chi connectivity index (χ3v) is 4.55. The fraction of sp³-hybridized carbons (Fsp3) is 0.100. The summed E-state index contributed by atoms with van der Waals surface area (Å²) >= 11 is 8.74. The van der Waals surface area contributed by atoms with Crippen LogP contribution in [-0.4, -0.2) is 26.0 Å². The third kappa shape index (κ3) is 3.23. The number of hydrogen-bond donors (Lipinski definition) is 2. The molecule has 0 saturated carbocycles. The number of hydrogen-bond acceptors (Lipinski definition) is 3. The van der Waals surface area contributed by atoms with E-state index < -0.39 is 16.0 Å². The molecule has 0 aromatic heterocycles. The van der Waals surface area contributed by atoms with E-state index in [0.29, 0.717) is 0 Å². The molecule has 0 spiro atoms. The molecule has 0 atom stereocenters. The van der Waals surface area contributed by atoms with Gasteiger partial charge in [-0.15, -0.1) is 6.42 Å². The van der Waals surface area contributed by atoms with E-state index in [1.165, 1.54) is 6.07 Å². The highest BCUT2D eigenvalue weighted by Gasteiger charge is 2.20. The molecular weight excluding hydrogens is 346 g/mol. The van der Waals surface area contributed by atoms with Crippen molar-refractivity contribution in [1.82, 2.24) is 4.72 Å². The van der Waals surface area contributed by atoms with Crippen molar-refractivity contribution in [2.45, 2.75) is 4.90 Å². The van der Waals surface area contributed by atoms with Crippen LogP contribution in [0.4, 0.5) is 0 Å². The molecule has 18 heavy (non-hydrogen) atoms. The Kier molecular flexibility index (Phi) is 4.76. The Balaban J connectivity index is 3.36. The predicted octanol–water partition coefficient (Wildman–Crippen LogP) is 1.71. The van der Waals surface area contributed by atoms with Gasteiger partial charge >= 0.3 is 5.97 Å². The van der Waals surface area contributed by atoms with Crippen molar-refractivity contribution in [2.75, 3.05) is 6.54 Å². The molecule has 0 fully saturated rings. The summed E-state index contributed by atoms with van der Waals surface area (Å²) in [7, 11) is -3.86. The van der Waals surface area contributed by atoms with E-state index in [4.69, 9.17) is 23.1 Å². The van der Waals surface area contributed by atoms with E-state index >= 15 is 0 Å². The molecule has 1 aromatic rings.